The number of primary amides is 1. The van der Waals surface area contributed by atoms with Crippen molar-refractivity contribution in [2.45, 2.75) is 36.0 Å². The van der Waals surface area contributed by atoms with E-state index in [0.717, 1.165) is 42.1 Å². The smallest absolute Gasteiger partial charge is 0.249 e. The molecule has 0 unspecified atom stereocenters. The summed E-state index contributed by atoms with van der Waals surface area (Å²) >= 11 is 1.33. The Balaban J connectivity index is 1.41. The number of amides is 2. The molecular formula is C23H26N2O4S. The lowest BCUT2D eigenvalue weighted by atomic mass is 9.78. The number of nitrogens with two attached hydrogens (primary N) is 1. The van der Waals surface area contributed by atoms with Gasteiger partial charge in [0.05, 0.1) is 11.3 Å². The number of benzene rings is 2. The molecule has 1 aliphatic heterocycles. The number of nitrogens with one attached hydrogen (secondary N) is 1. The van der Waals surface area contributed by atoms with Crippen LogP contribution in [0.15, 0.2) is 47.4 Å². The molecule has 4 rings (SSSR count). The lowest BCUT2D eigenvalue weighted by Gasteiger charge is -2.31. The highest BCUT2D eigenvalue weighted by atomic mass is 32.2. The third-order valence-corrected chi connectivity index (χ3v) is 6.92. The summed E-state index contributed by atoms with van der Waals surface area (Å²) in [7, 11) is 0. The lowest BCUT2D eigenvalue weighted by Crippen LogP contribution is -2.39. The maximum Gasteiger partial charge on any atom is 0.249 e. The molecule has 0 atom stereocenters. The van der Waals surface area contributed by atoms with Crippen molar-refractivity contribution in [3.63, 3.8) is 0 Å². The molecule has 2 aromatic rings. The minimum absolute atomic E-state index is 0.0527. The zero-order valence-corrected chi connectivity index (χ0v) is 17.6. The number of hydrogen-bond donors (Lipinski definition) is 2. The van der Waals surface area contributed by atoms with Gasteiger partial charge in [0.2, 0.25) is 11.8 Å². The van der Waals surface area contributed by atoms with Gasteiger partial charge in [-0.2, -0.15) is 0 Å². The highest BCUT2D eigenvalue weighted by Gasteiger charge is 2.36. The van der Waals surface area contributed by atoms with E-state index in [1.807, 2.05) is 18.2 Å². The molecule has 6 nitrogen and oxygen atoms in total. The van der Waals surface area contributed by atoms with Gasteiger partial charge in [0.25, 0.3) is 0 Å². The normalized spacial score (nSPS) is 16.8. The predicted octanol–water partition coefficient (Wildman–Crippen LogP) is 3.28. The van der Waals surface area contributed by atoms with E-state index < -0.39 is 5.91 Å². The van der Waals surface area contributed by atoms with Gasteiger partial charge in [0.15, 0.2) is 11.5 Å². The Morgan fingerprint density at radius 1 is 1.03 bits per heavy atom. The minimum atomic E-state index is -0.484. The van der Waals surface area contributed by atoms with Gasteiger partial charge in [-0.15, -0.1) is 11.8 Å². The second kappa shape index (κ2) is 9.00. The minimum Gasteiger partial charge on any atom is -0.486 e. The van der Waals surface area contributed by atoms with E-state index in [-0.39, 0.29) is 17.1 Å². The van der Waals surface area contributed by atoms with Crippen molar-refractivity contribution < 1.29 is 19.1 Å². The van der Waals surface area contributed by atoms with E-state index in [0.29, 0.717) is 25.3 Å². The van der Waals surface area contributed by atoms with Gasteiger partial charge in [-0.3, -0.25) is 9.59 Å². The molecule has 0 radical (unpaired) electrons. The first-order chi connectivity index (χ1) is 14.6. The third kappa shape index (κ3) is 4.41. The summed E-state index contributed by atoms with van der Waals surface area (Å²) < 4.78 is 11.4. The summed E-state index contributed by atoms with van der Waals surface area (Å²) in [4.78, 5) is 24.8. The molecule has 0 spiro atoms. The van der Waals surface area contributed by atoms with Crippen LogP contribution in [0.4, 0.5) is 0 Å². The molecule has 158 valence electrons. The summed E-state index contributed by atoms with van der Waals surface area (Å²) in [6.07, 6.45) is 4.35. The Labute approximate surface area is 180 Å². The number of fused-ring (bicyclic) bond motifs is 1. The number of hydrogen-bond acceptors (Lipinski definition) is 5. The average molecular weight is 427 g/mol. The molecule has 1 aliphatic carbocycles. The largest absolute Gasteiger partial charge is 0.486 e. The monoisotopic (exact) mass is 426 g/mol. The van der Waals surface area contributed by atoms with Gasteiger partial charge in [-0.25, -0.2) is 0 Å². The summed E-state index contributed by atoms with van der Waals surface area (Å²) in [5, 5.41) is 3.11. The maximum atomic E-state index is 12.6. The quantitative estimate of drug-likeness (QED) is 0.663. The van der Waals surface area contributed by atoms with Crippen molar-refractivity contribution in [1.29, 1.82) is 0 Å². The van der Waals surface area contributed by atoms with Crippen molar-refractivity contribution in [3.8, 4) is 11.5 Å². The molecule has 1 heterocycles. The number of rotatable bonds is 7. The van der Waals surface area contributed by atoms with Crippen molar-refractivity contribution in [1.82, 2.24) is 5.32 Å². The van der Waals surface area contributed by atoms with Crippen LogP contribution in [0.5, 0.6) is 11.5 Å². The van der Waals surface area contributed by atoms with Gasteiger partial charge >= 0.3 is 0 Å². The molecular weight excluding hydrogens is 400 g/mol. The average Bonchev–Trinajstić information content (AvgIpc) is 3.26. The van der Waals surface area contributed by atoms with Crippen LogP contribution in [0.3, 0.4) is 0 Å². The SMILES string of the molecule is NC(=O)c1ccccc1SCC(=O)NCC1(c2ccc3c(c2)OCCO3)CCCC1. The zero-order valence-electron chi connectivity index (χ0n) is 16.8. The topological polar surface area (TPSA) is 90.7 Å². The predicted molar refractivity (Wildman–Crippen MR) is 116 cm³/mol. The zero-order chi connectivity index (χ0) is 21.0. The Morgan fingerprint density at radius 2 is 1.77 bits per heavy atom. The fourth-order valence-corrected chi connectivity index (χ4v) is 5.14. The van der Waals surface area contributed by atoms with Crippen LogP contribution < -0.4 is 20.5 Å². The van der Waals surface area contributed by atoms with Gasteiger partial charge in [-0.05, 0) is 42.7 Å². The number of carbonyl (C=O) groups excluding carboxylic acids is 2. The number of thioether (sulfide) groups is 1. The van der Waals surface area contributed by atoms with Crippen molar-refractivity contribution in [2.75, 3.05) is 25.5 Å². The van der Waals surface area contributed by atoms with E-state index >= 15 is 0 Å². The number of ether oxygens (including phenoxy) is 2. The summed E-state index contributed by atoms with van der Waals surface area (Å²) in [6.45, 7) is 1.72. The molecule has 0 bridgehead atoms. The molecule has 2 aromatic carbocycles. The first-order valence-electron chi connectivity index (χ1n) is 10.3. The van der Waals surface area contributed by atoms with Crippen molar-refractivity contribution in [2.24, 2.45) is 5.73 Å². The molecule has 2 aliphatic rings. The van der Waals surface area contributed by atoms with E-state index in [2.05, 4.69) is 17.4 Å². The first-order valence-corrected chi connectivity index (χ1v) is 11.2. The Morgan fingerprint density at radius 3 is 2.53 bits per heavy atom. The van der Waals surface area contributed by atoms with Crippen LogP contribution in [0.25, 0.3) is 0 Å². The summed E-state index contributed by atoms with van der Waals surface area (Å²) in [6, 6.07) is 13.2. The van der Waals surface area contributed by atoms with Crippen LogP contribution in [-0.2, 0) is 10.2 Å². The molecule has 3 N–H and O–H groups in total. The van der Waals surface area contributed by atoms with Gasteiger partial charge < -0.3 is 20.5 Å². The van der Waals surface area contributed by atoms with Crippen LogP contribution in [0.1, 0.15) is 41.6 Å². The second-order valence-corrected chi connectivity index (χ2v) is 8.79. The van der Waals surface area contributed by atoms with Crippen LogP contribution >= 0.6 is 11.8 Å². The van der Waals surface area contributed by atoms with Crippen LogP contribution in [-0.4, -0.2) is 37.3 Å². The highest BCUT2D eigenvalue weighted by Crippen LogP contribution is 2.43. The molecule has 0 aromatic heterocycles. The van der Waals surface area contributed by atoms with Gasteiger partial charge in [0.1, 0.15) is 13.2 Å². The third-order valence-electron chi connectivity index (χ3n) is 5.85. The Hall–Kier alpha value is -2.67. The highest BCUT2D eigenvalue weighted by molar-refractivity contribution is 8.00. The maximum absolute atomic E-state index is 12.6. The van der Waals surface area contributed by atoms with E-state index in [1.165, 1.54) is 17.3 Å². The van der Waals surface area contributed by atoms with Gasteiger partial charge in [0, 0.05) is 16.9 Å². The molecule has 2 amide bonds. The Kier molecular flexibility index (Phi) is 6.18. The van der Waals surface area contributed by atoms with E-state index in [4.69, 9.17) is 15.2 Å². The standard InChI is InChI=1S/C23H26N2O4S/c24-22(27)17-5-1-2-6-20(17)30-14-21(26)25-15-23(9-3-4-10-23)16-7-8-18-19(13-16)29-12-11-28-18/h1-2,5-8,13H,3-4,9-12,14-15H2,(H2,24,27)(H,25,26). The molecule has 0 saturated heterocycles. The second-order valence-electron chi connectivity index (χ2n) is 7.77. The molecule has 1 saturated carbocycles. The summed E-state index contributed by atoms with van der Waals surface area (Å²) in [5.74, 6) is 1.27. The van der Waals surface area contributed by atoms with Crippen LogP contribution in [0.2, 0.25) is 0 Å². The molecule has 7 heteroatoms. The fraction of sp³-hybridized carbons (Fsp3) is 0.391. The molecule has 1 fully saturated rings. The fourth-order valence-electron chi connectivity index (χ4n) is 4.25. The first kappa shape index (κ1) is 20.6. The summed E-state index contributed by atoms with van der Waals surface area (Å²) in [5.41, 5.74) is 6.97. The van der Waals surface area contributed by atoms with E-state index in [1.54, 1.807) is 12.1 Å². The van der Waals surface area contributed by atoms with Gasteiger partial charge in [-0.1, -0.05) is 31.0 Å². The lowest BCUT2D eigenvalue weighted by molar-refractivity contribution is -0.118. The van der Waals surface area contributed by atoms with Crippen molar-refractivity contribution in [3.05, 3.63) is 53.6 Å². The number of carbonyl (C=O) groups is 2. The Bertz CT molecular complexity index is 941. The van der Waals surface area contributed by atoms with Crippen LogP contribution in [0, 0.1) is 0 Å². The van der Waals surface area contributed by atoms with Crippen molar-refractivity contribution >= 4 is 23.6 Å². The molecule has 30 heavy (non-hydrogen) atoms. The van der Waals surface area contributed by atoms with E-state index in [9.17, 15) is 9.59 Å².